The first-order chi connectivity index (χ1) is 18.3. The number of nitrogens with one attached hydrogen (secondary N) is 2. The van der Waals surface area contributed by atoms with Crippen molar-refractivity contribution in [3.8, 4) is 0 Å². The Hall–Kier alpha value is -2.38. The van der Waals surface area contributed by atoms with Gasteiger partial charge in [-0.05, 0) is 55.4 Å². The van der Waals surface area contributed by atoms with E-state index in [9.17, 15) is 14.4 Å². The minimum atomic E-state index is -1.12. The summed E-state index contributed by atoms with van der Waals surface area (Å²) in [6.45, 7) is 4.46. The summed E-state index contributed by atoms with van der Waals surface area (Å²) in [4.78, 5) is 43.8. The van der Waals surface area contributed by atoms with Gasteiger partial charge in [0, 0.05) is 22.8 Å². The number of rotatable bonds is 5. The van der Waals surface area contributed by atoms with Gasteiger partial charge in [0.2, 0.25) is 17.7 Å². The minimum absolute atomic E-state index is 0.00861. The largest absolute Gasteiger partial charge is 0.359 e. The fraction of sp³-hybridized carbons (Fsp3) is 0.633. The third-order valence-corrected chi connectivity index (χ3v) is 10.2. The van der Waals surface area contributed by atoms with Crippen molar-refractivity contribution in [3.63, 3.8) is 0 Å². The van der Waals surface area contributed by atoms with Gasteiger partial charge in [-0.1, -0.05) is 69.7 Å². The van der Waals surface area contributed by atoms with E-state index in [0.717, 1.165) is 44.9 Å². The smallest absolute Gasteiger partial charge is 0.246 e. The van der Waals surface area contributed by atoms with Crippen molar-refractivity contribution in [2.75, 3.05) is 5.32 Å². The molecule has 7 nitrogen and oxygen atoms in total. The molecule has 0 radical (unpaired) electrons. The number of hydrogen-bond donors (Lipinski definition) is 2. The molecule has 6 rings (SSSR count). The second kappa shape index (κ2) is 9.98. The fourth-order valence-electron chi connectivity index (χ4n) is 7.77. The van der Waals surface area contributed by atoms with Gasteiger partial charge in [0.05, 0.1) is 17.9 Å². The number of halogens is 1. The number of amides is 3. The Morgan fingerprint density at radius 3 is 2.47 bits per heavy atom. The normalized spacial score (nSPS) is 38.3. The van der Waals surface area contributed by atoms with Crippen molar-refractivity contribution in [1.29, 1.82) is 0 Å². The second-order valence-electron chi connectivity index (χ2n) is 12.1. The lowest BCUT2D eigenvalue weighted by Gasteiger charge is -2.40. The summed E-state index contributed by atoms with van der Waals surface area (Å²) < 4.78 is 6.52. The quantitative estimate of drug-likeness (QED) is 0.531. The summed E-state index contributed by atoms with van der Waals surface area (Å²) in [6.07, 6.45) is 11.4. The van der Waals surface area contributed by atoms with Crippen LogP contribution in [0.15, 0.2) is 36.4 Å². The van der Waals surface area contributed by atoms with E-state index in [-0.39, 0.29) is 29.8 Å². The number of ether oxygens (including phenoxy) is 1. The Balaban J connectivity index is 1.31. The second-order valence-corrected chi connectivity index (χ2v) is 12.6. The van der Waals surface area contributed by atoms with E-state index in [0.29, 0.717) is 22.5 Å². The monoisotopic (exact) mass is 539 g/mol. The fourth-order valence-corrected chi connectivity index (χ4v) is 7.89. The molecule has 3 aliphatic heterocycles. The van der Waals surface area contributed by atoms with Gasteiger partial charge >= 0.3 is 0 Å². The van der Waals surface area contributed by atoms with Crippen molar-refractivity contribution in [1.82, 2.24) is 10.2 Å². The van der Waals surface area contributed by atoms with Gasteiger partial charge in [0.1, 0.15) is 11.6 Å². The van der Waals surface area contributed by atoms with Crippen molar-refractivity contribution >= 4 is 35.0 Å². The summed E-state index contributed by atoms with van der Waals surface area (Å²) in [6, 6.07) is 6.23. The van der Waals surface area contributed by atoms with Crippen molar-refractivity contribution in [2.45, 2.75) is 95.0 Å². The van der Waals surface area contributed by atoms with Gasteiger partial charge in [0.25, 0.3) is 0 Å². The molecule has 0 aromatic heterocycles. The third-order valence-electron chi connectivity index (χ3n) is 9.98. The molecular formula is C30H38ClN3O4. The number of benzene rings is 1. The van der Waals surface area contributed by atoms with Crippen molar-refractivity contribution in [3.05, 3.63) is 41.4 Å². The highest BCUT2D eigenvalue weighted by Crippen LogP contribution is 2.56. The van der Waals surface area contributed by atoms with Crippen LogP contribution in [0.5, 0.6) is 0 Å². The molecule has 3 amide bonds. The lowest BCUT2D eigenvalue weighted by Crippen LogP contribution is -2.59. The van der Waals surface area contributed by atoms with E-state index in [4.69, 9.17) is 16.3 Å². The molecule has 1 aromatic rings. The molecule has 1 spiro atoms. The minimum Gasteiger partial charge on any atom is -0.359 e. The highest BCUT2D eigenvalue weighted by Gasteiger charge is 2.73. The van der Waals surface area contributed by atoms with E-state index in [1.54, 1.807) is 24.3 Å². The number of nitrogens with zero attached hydrogens (tertiary/aromatic N) is 1. The zero-order valence-electron chi connectivity index (χ0n) is 22.2. The lowest BCUT2D eigenvalue weighted by atomic mass is 9.73. The molecule has 2 saturated heterocycles. The number of fused-ring (bicyclic) bond motifs is 1. The Morgan fingerprint density at radius 1 is 1.00 bits per heavy atom. The molecule has 5 aliphatic rings. The van der Waals surface area contributed by atoms with Gasteiger partial charge in [-0.2, -0.15) is 0 Å². The topological polar surface area (TPSA) is 87.7 Å². The maximum Gasteiger partial charge on any atom is 0.246 e. The molecule has 204 valence electrons. The lowest BCUT2D eigenvalue weighted by molar-refractivity contribution is -0.145. The Bertz CT molecular complexity index is 1130. The summed E-state index contributed by atoms with van der Waals surface area (Å²) >= 11 is 6.01. The van der Waals surface area contributed by atoms with Gasteiger partial charge in [0.15, 0.2) is 0 Å². The van der Waals surface area contributed by atoms with Crippen LogP contribution in [0.25, 0.3) is 0 Å². The Labute approximate surface area is 229 Å². The average molecular weight is 540 g/mol. The van der Waals surface area contributed by atoms with Crippen LogP contribution in [0.4, 0.5) is 5.69 Å². The van der Waals surface area contributed by atoms with Crippen LogP contribution in [0, 0.1) is 23.7 Å². The Kier molecular flexibility index (Phi) is 6.79. The number of hydrogen-bond acceptors (Lipinski definition) is 4. The van der Waals surface area contributed by atoms with Crippen LogP contribution in [-0.4, -0.2) is 52.5 Å². The zero-order valence-corrected chi connectivity index (χ0v) is 23.0. The highest BCUT2D eigenvalue weighted by molar-refractivity contribution is 6.30. The summed E-state index contributed by atoms with van der Waals surface area (Å²) in [7, 11) is 0. The van der Waals surface area contributed by atoms with E-state index in [1.165, 1.54) is 6.42 Å². The molecule has 2 N–H and O–H groups in total. The zero-order chi connectivity index (χ0) is 26.6. The number of likely N-dealkylation sites (tertiary alicyclic amines) is 1. The first kappa shape index (κ1) is 25.9. The van der Waals surface area contributed by atoms with Gasteiger partial charge in [-0.3, -0.25) is 14.4 Å². The molecule has 4 fully saturated rings. The average Bonchev–Trinajstić information content (AvgIpc) is 3.56. The molecule has 38 heavy (non-hydrogen) atoms. The van der Waals surface area contributed by atoms with Crippen molar-refractivity contribution in [2.24, 2.45) is 23.7 Å². The van der Waals surface area contributed by atoms with E-state index >= 15 is 0 Å². The van der Waals surface area contributed by atoms with Gasteiger partial charge in [-0.15, -0.1) is 0 Å². The molecule has 3 heterocycles. The van der Waals surface area contributed by atoms with Crippen LogP contribution >= 0.6 is 11.6 Å². The molecule has 1 aromatic carbocycles. The highest BCUT2D eigenvalue weighted by atomic mass is 35.5. The van der Waals surface area contributed by atoms with Crippen LogP contribution in [0.1, 0.15) is 65.2 Å². The number of carbonyl (C=O) groups excluding carboxylic acids is 3. The molecule has 2 aliphatic carbocycles. The van der Waals surface area contributed by atoms with E-state index in [2.05, 4.69) is 24.5 Å². The van der Waals surface area contributed by atoms with E-state index in [1.807, 2.05) is 17.1 Å². The molecule has 2 bridgehead atoms. The van der Waals surface area contributed by atoms with Crippen molar-refractivity contribution < 1.29 is 19.1 Å². The maximum absolute atomic E-state index is 14.2. The standard InChI is InChI=1S/C30H38ClN3O4/c1-17-7-6-10-22(18(17)2)33-28(36)26-30-16-15-23(38-30)24(27(35)32-20-13-11-19(31)12-14-20)25(30)29(37)34(26)21-8-4-3-5-9-21/h11-18,21-26H,3-10H2,1-2H3,(H,32,35)(H,33,36)/t17-,18-,22+,23-,24-,25-,26+,30+/m1/s1. The SMILES string of the molecule is C[C@@H]1[C@H](C)CCC[C@@H]1NC(=O)[C@@H]1N(C2CCCCC2)C(=O)[C@H]2[C@H](C(=O)Nc3ccc(Cl)cc3)[C@H]3C=C[C@@]12O3. The number of anilines is 1. The van der Waals surface area contributed by atoms with Crippen LogP contribution in [0.3, 0.4) is 0 Å². The molecular weight excluding hydrogens is 502 g/mol. The summed E-state index contributed by atoms with van der Waals surface area (Å²) in [5.41, 5.74) is -0.501. The summed E-state index contributed by atoms with van der Waals surface area (Å²) in [5.74, 6) is -1.02. The maximum atomic E-state index is 14.2. The predicted molar refractivity (Wildman–Crippen MR) is 145 cm³/mol. The van der Waals surface area contributed by atoms with Crippen LogP contribution in [-0.2, 0) is 19.1 Å². The van der Waals surface area contributed by atoms with Gasteiger partial charge in [-0.25, -0.2) is 0 Å². The first-order valence-electron chi connectivity index (χ1n) is 14.4. The number of carbonyl (C=O) groups is 3. The molecule has 2 saturated carbocycles. The molecule has 0 unspecified atom stereocenters. The molecule has 8 atom stereocenters. The van der Waals surface area contributed by atoms with Crippen LogP contribution in [0.2, 0.25) is 5.02 Å². The van der Waals surface area contributed by atoms with Gasteiger partial charge < -0.3 is 20.3 Å². The van der Waals surface area contributed by atoms with Crippen LogP contribution < -0.4 is 10.6 Å². The predicted octanol–water partition coefficient (Wildman–Crippen LogP) is 4.70. The summed E-state index contributed by atoms with van der Waals surface area (Å²) in [5, 5.41) is 6.89. The van der Waals surface area contributed by atoms with E-state index < -0.39 is 29.6 Å². The third kappa shape index (κ3) is 4.17. The Morgan fingerprint density at radius 2 is 1.74 bits per heavy atom. The molecule has 8 heteroatoms. The first-order valence-corrected chi connectivity index (χ1v) is 14.7.